The highest BCUT2D eigenvalue weighted by Gasteiger charge is 2.09. The lowest BCUT2D eigenvalue weighted by atomic mass is 10.1. The van der Waals surface area contributed by atoms with Crippen LogP contribution in [0, 0.1) is 0 Å². The highest BCUT2D eigenvalue weighted by atomic mass is 35.5. The lowest BCUT2D eigenvalue weighted by Crippen LogP contribution is -2.25. The second-order valence-corrected chi connectivity index (χ2v) is 6.67. The highest BCUT2D eigenvalue weighted by Crippen LogP contribution is 2.23. The maximum Gasteiger partial charge on any atom is 0.251 e. The number of anilines is 1. The van der Waals surface area contributed by atoms with Crippen LogP contribution in [0.3, 0.4) is 0 Å². The number of carbonyl (C=O) groups is 2. The van der Waals surface area contributed by atoms with Gasteiger partial charge in [0.25, 0.3) is 5.91 Å². The minimum Gasteiger partial charge on any atom is -0.382 e. The monoisotopic (exact) mass is 408 g/mol. The topological polar surface area (TPSA) is 67.4 Å². The molecule has 0 saturated heterocycles. The molecule has 0 bridgehead atoms. The van der Waals surface area contributed by atoms with Crippen molar-refractivity contribution in [3.8, 4) is 0 Å². The largest absolute Gasteiger partial charge is 0.382 e. The van der Waals surface area contributed by atoms with Crippen LogP contribution in [0.4, 0.5) is 5.69 Å². The van der Waals surface area contributed by atoms with Crippen LogP contribution in [-0.4, -0.2) is 31.6 Å². The zero-order valence-electron chi connectivity index (χ0n) is 15.1. The lowest BCUT2D eigenvalue weighted by molar-refractivity contribution is -0.115. The molecule has 144 valence electrons. The van der Waals surface area contributed by atoms with E-state index in [4.69, 9.17) is 27.9 Å². The molecule has 2 rings (SSSR count). The summed E-state index contributed by atoms with van der Waals surface area (Å²) >= 11 is 11.8. The minimum atomic E-state index is -0.206. The number of benzene rings is 2. The van der Waals surface area contributed by atoms with Gasteiger partial charge in [-0.15, -0.1) is 0 Å². The second-order valence-electron chi connectivity index (χ2n) is 5.86. The fourth-order valence-electron chi connectivity index (χ4n) is 2.40. The molecule has 0 aliphatic heterocycles. The SMILES string of the molecule is CCOCCCNC(=O)c1cccc(NC(=O)Cc2ccc(Cl)c(Cl)c2)c1. The van der Waals surface area contributed by atoms with Crippen LogP contribution in [0.1, 0.15) is 29.3 Å². The van der Waals surface area contributed by atoms with Gasteiger partial charge in [0.2, 0.25) is 5.91 Å². The molecule has 0 aliphatic carbocycles. The standard InChI is InChI=1S/C20H22Cl2N2O3/c1-2-27-10-4-9-23-20(26)15-5-3-6-16(13-15)24-19(25)12-14-7-8-17(21)18(22)11-14/h3,5-8,11,13H,2,4,9-10,12H2,1H3,(H,23,26)(H,24,25). The molecule has 0 aromatic heterocycles. The van der Waals surface area contributed by atoms with E-state index in [2.05, 4.69) is 10.6 Å². The average molecular weight is 409 g/mol. The van der Waals surface area contributed by atoms with E-state index in [-0.39, 0.29) is 18.2 Å². The molecule has 0 aliphatic rings. The van der Waals surface area contributed by atoms with E-state index in [0.717, 1.165) is 12.0 Å². The molecule has 2 amide bonds. The Morgan fingerprint density at radius 1 is 1.07 bits per heavy atom. The third-order valence-corrected chi connectivity index (χ3v) is 4.45. The van der Waals surface area contributed by atoms with Gasteiger partial charge < -0.3 is 15.4 Å². The number of ether oxygens (including phenoxy) is 1. The quantitative estimate of drug-likeness (QED) is 0.606. The Morgan fingerprint density at radius 2 is 1.89 bits per heavy atom. The summed E-state index contributed by atoms with van der Waals surface area (Å²) in [5, 5.41) is 6.47. The van der Waals surface area contributed by atoms with Crippen LogP contribution in [0.15, 0.2) is 42.5 Å². The van der Waals surface area contributed by atoms with Gasteiger partial charge in [-0.3, -0.25) is 9.59 Å². The van der Waals surface area contributed by atoms with E-state index in [1.807, 2.05) is 6.92 Å². The van der Waals surface area contributed by atoms with Crippen molar-refractivity contribution in [2.45, 2.75) is 19.8 Å². The van der Waals surface area contributed by atoms with Gasteiger partial charge in [-0.2, -0.15) is 0 Å². The first-order chi connectivity index (χ1) is 13.0. The average Bonchev–Trinajstić information content (AvgIpc) is 2.64. The van der Waals surface area contributed by atoms with Gasteiger partial charge in [-0.1, -0.05) is 35.3 Å². The van der Waals surface area contributed by atoms with Crippen LogP contribution in [0.25, 0.3) is 0 Å². The van der Waals surface area contributed by atoms with Gasteiger partial charge in [0.05, 0.1) is 16.5 Å². The van der Waals surface area contributed by atoms with Crippen molar-refractivity contribution in [2.75, 3.05) is 25.1 Å². The van der Waals surface area contributed by atoms with E-state index in [0.29, 0.717) is 41.1 Å². The number of rotatable bonds is 9. The summed E-state index contributed by atoms with van der Waals surface area (Å²) < 4.78 is 5.23. The molecule has 0 saturated carbocycles. The normalized spacial score (nSPS) is 10.5. The maximum atomic E-state index is 12.2. The molecule has 2 aromatic carbocycles. The Kier molecular flexibility index (Phi) is 8.58. The van der Waals surface area contributed by atoms with Gasteiger partial charge in [0.15, 0.2) is 0 Å². The first kappa shape index (κ1) is 21.2. The summed E-state index contributed by atoms with van der Waals surface area (Å²) in [5.41, 5.74) is 1.80. The minimum absolute atomic E-state index is 0.157. The summed E-state index contributed by atoms with van der Waals surface area (Å²) in [5.74, 6) is -0.394. The molecule has 2 N–H and O–H groups in total. The van der Waals surface area contributed by atoms with Crippen LogP contribution in [0.2, 0.25) is 10.0 Å². The Morgan fingerprint density at radius 3 is 2.63 bits per heavy atom. The smallest absolute Gasteiger partial charge is 0.251 e. The van der Waals surface area contributed by atoms with E-state index >= 15 is 0 Å². The maximum absolute atomic E-state index is 12.2. The van der Waals surface area contributed by atoms with Crippen LogP contribution in [0.5, 0.6) is 0 Å². The summed E-state index contributed by atoms with van der Waals surface area (Å²) in [6.07, 6.45) is 0.907. The van der Waals surface area contributed by atoms with Crippen molar-refractivity contribution in [2.24, 2.45) is 0 Å². The zero-order valence-corrected chi connectivity index (χ0v) is 16.6. The zero-order chi connectivity index (χ0) is 19.6. The third-order valence-electron chi connectivity index (χ3n) is 3.71. The molecule has 27 heavy (non-hydrogen) atoms. The Labute approximate surface area is 169 Å². The summed E-state index contributed by atoms with van der Waals surface area (Å²) in [6, 6.07) is 11.9. The van der Waals surface area contributed by atoms with Crippen LogP contribution >= 0.6 is 23.2 Å². The van der Waals surface area contributed by atoms with E-state index in [1.54, 1.807) is 42.5 Å². The van der Waals surface area contributed by atoms with Gasteiger partial charge >= 0.3 is 0 Å². The van der Waals surface area contributed by atoms with Gasteiger partial charge in [-0.05, 0) is 49.2 Å². The molecule has 0 heterocycles. The molecule has 5 nitrogen and oxygen atoms in total. The number of hydrogen-bond donors (Lipinski definition) is 2. The van der Waals surface area contributed by atoms with Gasteiger partial charge in [0, 0.05) is 31.0 Å². The molecule has 0 unspecified atom stereocenters. The van der Waals surface area contributed by atoms with Crippen molar-refractivity contribution in [1.29, 1.82) is 0 Å². The van der Waals surface area contributed by atoms with Crippen molar-refractivity contribution < 1.29 is 14.3 Å². The van der Waals surface area contributed by atoms with Crippen molar-refractivity contribution in [3.63, 3.8) is 0 Å². The van der Waals surface area contributed by atoms with E-state index in [9.17, 15) is 9.59 Å². The fourth-order valence-corrected chi connectivity index (χ4v) is 2.72. The molecule has 0 radical (unpaired) electrons. The molecule has 2 aromatic rings. The molecule has 0 atom stereocenters. The summed E-state index contributed by atoms with van der Waals surface area (Å²) in [7, 11) is 0. The summed E-state index contributed by atoms with van der Waals surface area (Å²) in [4.78, 5) is 24.4. The van der Waals surface area contributed by atoms with Gasteiger partial charge in [-0.25, -0.2) is 0 Å². The Hall–Kier alpha value is -2.08. The second kappa shape index (κ2) is 10.9. The first-order valence-electron chi connectivity index (χ1n) is 8.69. The lowest BCUT2D eigenvalue weighted by Gasteiger charge is -2.09. The first-order valence-corrected chi connectivity index (χ1v) is 9.45. The number of carbonyl (C=O) groups excluding carboxylic acids is 2. The predicted octanol–water partition coefficient (Wildman–Crippen LogP) is 4.33. The van der Waals surface area contributed by atoms with E-state index < -0.39 is 0 Å². The van der Waals surface area contributed by atoms with Crippen molar-refractivity contribution in [1.82, 2.24) is 5.32 Å². The van der Waals surface area contributed by atoms with Gasteiger partial charge in [0.1, 0.15) is 0 Å². The number of hydrogen-bond acceptors (Lipinski definition) is 3. The van der Waals surface area contributed by atoms with Crippen molar-refractivity contribution in [3.05, 3.63) is 63.6 Å². The number of nitrogens with one attached hydrogen (secondary N) is 2. The highest BCUT2D eigenvalue weighted by molar-refractivity contribution is 6.42. The molecule has 7 heteroatoms. The molecular formula is C20H22Cl2N2O3. The molecular weight excluding hydrogens is 387 g/mol. The molecule has 0 spiro atoms. The number of halogens is 2. The summed E-state index contributed by atoms with van der Waals surface area (Å²) in [6.45, 7) is 3.74. The Balaban J connectivity index is 1.89. The predicted molar refractivity (Wildman–Crippen MR) is 109 cm³/mol. The number of amides is 2. The third kappa shape index (κ3) is 7.21. The van der Waals surface area contributed by atoms with Crippen LogP contribution < -0.4 is 10.6 Å². The molecule has 0 fully saturated rings. The Bertz CT molecular complexity index is 797. The van der Waals surface area contributed by atoms with Crippen LogP contribution in [-0.2, 0) is 16.0 Å². The fraction of sp³-hybridized carbons (Fsp3) is 0.300. The van der Waals surface area contributed by atoms with Crippen molar-refractivity contribution >= 4 is 40.7 Å². The van der Waals surface area contributed by atoms with E-state index in [1.165, 1.54) is 0 Å².